The van der Waals surface area contributed by atoms with Crippen LogP contribution < -0.4 is 10.6 Å². The molecule has 1 aliphatic heterocycles. The first-order chi connectivity index (χ1) is 9.91. The van der Waals surface area contributed by atoms with Gasteiger partial charge in [-0.3, -0.25) is 4.79 Å². The lowest BCUT2D eigenvalue weighted by molar-refractivity contribution is -0.133. The Morgan fingerprint density at radius 2 is 2.24 bits per heavy atom. The van der Waals surface area contributed by atoms with Crippen LogP contribution in [0.4, 0.5) is 0 Å². The third-order valence-electron chi connectivity index (χ3n) is 4.62. The molecule has 2 unspecified atom stereocenters. The highest BCUT2D eigenvalue weighted by molar-refractivity contribution is 5.82. The topological polar surface area (TPSA) is 61.4 Å². The summed E-state index contributed by atoms with van der Waals surface area (Å²) in [6.07, 6.45) is 2.22. The quantitative estimate of drug-likeness (QED) is 0.799. The Balaban J connectivity index is 2.02. The normalized spacial score (nSPS) is 20.8. The second-order valence-electron chi connectivity index (χ2n) is 6.56. The third-order valence-corrected chi connectivity index (χ3v) is 4.62. The van der Waals surface area contributed by atoms with Crippen molar-refractivity contribution in [2.24, 2.45) is 11.3 Å². The molecule has 2 rings (SSSR count). The highest BCUT2D eigenvalue weighted by Crippen LogP contribution is 2.32. The summed E-state index contributed by atoms with van der Waals surface area (Å²) < 4.78 is 0. The van der Waals surface area contributed by atoms with E-state index in [1.54, 1.807) is 18.2 Å². The molecule has 0 radical (unpaired) electrons. The molecule has 3 N–H and O–H groups in total. The van der Waals surface area contributed by atoms with Crippen molar-refractivity contribution in [3.8, 4) is 5.75 Å². The van der Waals surface area contributed by atoms with Gasteiger partial charge in [-0.1, -0.05) is 26.0 Å². The van der Waals surface area contributed by atoms with E-state index in [2.05, 4.69) is 10.6 Å². The molecular weight excluding hydrogens is 264 g/mol. The first-order valence-electron chi connectivity index (χ1n) is 7.72. The number of nitrogens with one attached hydrogen (secondary N) is 2. The molecule has 0 aliphatic carbocycles. The second-order valence-corrected chi connectivity index (χ2v) is 6.56. The molecule has 1 fully saturated rings. The van der Waals surface area contributed by atoms with Crippen molar-refractivity contribution in [3.63, 3.8) is 0 Å². The van der Waals surface area contributed by atoms with Crippen LogP contribution in [0.3, 0.4) is 0 Å². The SMILES string of the molecule is CC(NC(=O)C(C)(C)C1CCCNC1)c1cccc(O)c1. The fraction of sp³-hybridized carbons (Fsp3) is 0.588. The lowest BCUT2D eigenvalue weighted by Gasteiger charge is -2.36. The van der Waals surface area contributed by atoms with Gasteiger partial charge in [0.25, 0.3) is 0 Å². The molecule has 1 aliphatic rings. The zero-order valence-electron chi connectivity index (χ0n) is 13.1. The van der Waals surface area contributed by atoms with Crippen LogP contribution in [0.25, 0.3) is 0 Å². The van der Waals surface area contributed by atoms with Gasteiger partial charge in [-0.25, -0.2) is 0 Å². The van der Waals surface area contributed by atoms with Crippen LogP contribution in [-0.4, -0.2) is 24.1 Å². The van der Waals surface area contributed by atoms with Crippen molar-refractivity contribution in [3.05, 3.63) is 29.8 Å². The Hall–Kier alpha value is -1.55. The fourth-order valence-electron chi connectivity index (χ4n) is 2.91. The first kappa shape index (κ1) is 15.8. The van der Waals surface area contributed by atoms with E-state index in [4.69, 9.17) is 0 Å². The summed E-state index contributed by atoms with van der Waals surface area (Å²) in [5.74, 6) is 0.666. The lowest BCUT2D eigenvalue weighted by Crippen LogP contribution is -2.47. The van der Waals surface area contributed by atoms with Gasteiger partial charge in [-0.2, -0.15) is 0 Å². The molecule has 1 saturated heterocycles. The smallest absolute Gasteiger partial charge is 0.226 e. The highest BCUT2D eigenvalue weighted by atomic mass is 16.3. The molecule has 1 amide bonds. The maximum absolute atomic E-state index is 12.6. The van der Waals surface area contributed by atoms with Gasteiger partial charge in [0.15, 0.2) is 0 Å². The van der Waals surface area contributed by atoms with Gasteiger partial charge in [0.1, 0.15) is 5.75 Å². The van der Waals surface area contributed by atoms with Crippen LogP contribution in [0.1, 0.15) is 45.2 Å². The molecule has 1 aromatic rings. The number of hydrogen-bond acceptors (Lipinski definition) is 3. The summed E-state index contributed by atoms with van der Waals surface area (Å²) in [5, 5.41) is 16.0. The van der Waals surface area contributed by atoms with Gasteiger partial charge in [-0.05, 0) is 56.5 Å². The molecule has 4 nitrogen and oxygen atoms in total. The van der Waals surface area contributed by atoms with E-state index in [1.807, 2.05) is 26.8 Å². The number of aromatic hydroxyl groups is 1. The maximum Gasteiger partial charge on any atom is 0.226 e. The summed E-state index contributed by atoms with van der Waals surface area (Å²) in [6, 6.07) is 6.93. The van der Waals surface area contributed by atoms with Crippen LogP contribution in [0, 0.1) is 11.3 Å². The molecule has 0 saturated carbocycles. The van der Waals surface area contributed by atoms with E-state index in [0.29, 0.717) is 5.92 Å². The van der Waals surface area contributed by atoms with Crippen LogP contribution in [-0.2, 0) is 4.79 Å². The minimum atomic E-state index is -0.390. The van der Waals surface area contributed by atoms with Crippen LogP contribution in [0.2, 0.25) is 0 Å². The number of benzene rings is 1. The number of carbonyl (C=O) groups is 1. The summed E-state index contributed by atoms with van der Waals surface area (Å²) in [4.78, 5) is 12.6. The standard InChI is InChI=1S/C17H26N2O2/c1-12(13-6-4-8-15(20)10-13)19-16(21)17(2,3)14-7-5-9-18-11-14/h4,6,8,10,12,14,18,20H,5,7,9,11H2,1-3H3,(H,19,21). The molecule has 0 bridgehead atoms. The van der Waals surface area contributed by atoms with E-state index >= 15 is 0 Å². The Kier molecular flexibility index (Phi) is 4.88. The number of rotatable bonds is 4. The van der Waals surface area contributed by atoms with Gasteiger partial charge in [-0.15, -0.1) is 0 Å². The van der Waals surface area contributed by atoms with Gasteiger partial charge in [0, 0.05) is 5.41 Å². The Morgan fingerprint density at radius 1 is 1.48 bits per heavy atom. The zero-order valence-corrected chi connectivity index (χ0v) is 13.1. The number of hydrogen-bond donors (Lipinski definition) is 3. The van der Waals surface area contributed by atoms with E-state index in [1.165, 1.54) is 0 Å². The molecule has 0 spiro atoms. The lowest BCUT2D eigenvalue weighted by atomic mass is 9.74. The predicted octanol–water partition coefficient (Wildman–Crippen LogP) is 2.60. The van der Waals surface area contributed by atoms with Crippen LogP contribution in [0.5, 0.6) is 5.75 Å². The number of phenolic OH excluding ortho intramolecular Hbond substituents is 1. The average Bonchev–Trinajstić information content (AvgIpc) is 2.48. The van der Waals surface area contributed by atoms with Gasteiger partial charge in [0.2, 0.25) is 5.91 Å². The van der Waals surface area contributed by atoms with Crippen molar-refractivity contribution >= 4 is 5.91 Å². The van der Waals surface area contributed by atoms with E-state index < -0.39 is 5.41 Å². The zero-order chi connectivity index (χ0) is 15.5. The van der Waals surface area contributed by atoms with Crippen molar-refractivity contribution in [1.82, 2.24) is 10.6 Å². The molecular formula is C17H26N2O2. The van der Waals surface area contributed by atoms with Crippen LogP contribution in [0.15, 0.2) is 24.3 Å². The van der Waals surface area contributed by atoms with Crippen molar-refractivity contribution in [1.29, 1.82) is 0 Å². The molecule has 1 heterocycles. The minimum absolute atomic E-state index is 0.0760. The van der Waals surface area contributed by atoms with E-state index in [-0.39, 0.29) is 17.7 Å². The van der Waals surface area contributed by atoms with Gasteiger partial charge in [0.05, 0.1) is 6.04 Å². The minimum Gasteiger partial charge on any atom is -0.508 e. The summed E-state index contributed by atoms with van der Waals surface area (Å²) >= 11 is 0. The Morgan fingerprint density at radius 3 is 2.86 bits per heavy atom. The second kappa shape index (κ2) is 6.48. The highest BCUT2D eigenvalue weighted by Gasteiger charge is 2.37. The number of carbonyl (C=O) groups excluding carboxylic acids is 1. The molecule has 1 aromatic carbocycles. The maximum atomic E-state index is 12.6. The molecule has 116 valence electrons. The average molecular weight is 290 g/mol. The van der Waals surface area contributed by atoms with E-state index in [0.717, 1.165) is 31.5 Å². The molecule has 2 atom stereocenters. The van der Waals surface area contributed by atoms with Crippen molar-refractivity contribution < 1.29 is 9.90 Å². The van der Waals surface area contributed by atoms with Gasteiger partial charge >= 0.3 is 0 Å². The van der Waals surface area contributed by atoms with Crippen molar-refractivity contribution in [2.75, 3.05) is 13.1 Å². The molecule has 0 aromatic heterocycles. The Bertz CT molecular complexity index is 493. The summed E-state index contributed by atoms with van der Waals surface area (Å²) in [7, 11) is 0. The largest absolute Gasteiger partial charge is 0.508 e. The number of amides is 1. The fourth-order valence-corrected chi connectivity index (χ4v) is 2.91. The number of phenols is 1. The van der Waals surface area contributed by atoms with Gasteiger partial charge < -0.3 is 15.7 Å². The summed E-state index contributed by atoms with van der Waals surface area (Å²) in [6.45, 7) is 7.95. The monoisotopic (exact) mass is 290 g/mol. The predicted molar refractivity (Wildman–Crippen MR) is 84.0 cm³/mol. The third kappa shape index (κ3) is 3.76. The first-order valence-corrected chi connectivity index (χ1v) is 7.72. The summed E-state index contributed by atoms with van der Waals surface area (Å²) in [5.41, 5.74) is 0.527. The van der Waals surface area contributed by atoms with Crippen LogP contribution >= 0.6 is 0 Å². The Labute approximate surface area is 126 Å². The van der Waals surface area contributed by atoms with E-state index in [9.17, 15) is 9.90 Å². The number of piperidine rings is 1. The molecule has 4 heteroatoms. The van der Waals surface area contributed by atoms with Crippen molar-refractivity contribution in [2.45, 2.75) is 39.7 Å². The molecule has 21 heavy (non-hydrogen) atoms.